The molecule has 1 aliphatic rings. The molecule has 1 aromatic carbocycles. The highest BCUT2D eigenvalue weighted by molar-refractivity contribution is 5.99. The monoisotopic (exact) mass is 396 g/mol. The van der Waals surface area contributed by atoms with E-state index in [0.717, 1.165) is 6.07 Å². The summed E-state index contributed by atoms with van der Waals surface area (Å²) in [5.41, 5.74) is -0.595. The zero-order valence-electron chi connectivity index (χ0n) is 16.0. The Bertz CT molecular complexity index is 751. The molecule has 28 heavy (non-hydrogen) atoms. The molecule has 0 aromatic heterocycles. The molecule has 2 unspecified atom stereocenters. The van der Waals surface area contributed by atoms with E-state index in [2.05, 4.69) is 0 Å². The molecule has 154 valence electrons. The van der Waals surface area contributed by atoms with Crippen LogP contribution in [0.15, 0.2) is 12.1 Å². The summed E-state index contributed by atoms with van der Waals surface area (Å²) in [6.45, 7) is 2.61. The highest BCUT2D eigenvalue weighted by Gasteiger charge is 2.35. The van der Waals surface area contributed by atoms with Crippen molar-refractivity contribution in [2.75, 3.05) is 40.5 Å². The smallest absolute Gasteiger partial charge is 0.308 e. The van der Waals surface area contributed by atoms with Crippen LogP contribution in [0.5, 0.6) is 11.5 Å². The molecular formula is C18H24N2O8. The van der Waals surface area contributed by atoms with Gasteiger partial charge in [0.1, 0.15) is 12.2 Å². The summed E-state index contributed by atoms with van der Waals surface area (Å²) < 4.78 is 15.6. The summed E-state index contributed by atoms with van der Waals surface area (Å²) in [5.74, 6) is -2.03. The summed E-state index contributed by atoms with van der Waals surface area (Å²) in [6, 6.07) is 2.40. The molecule has 2 rings (SSSR count). The number of carboxylic acids is 1. The average molecular weight is 396 g/mol. The summed E-state index contributed by atoms with van der Waals surface area (Å²) in [7, 11) is 2.86. The number of amides is 1. The predicted molar refractivity (Wildman–Crippen MR) is 97.8 cm³/mol. The first-order chi connectivity index (χ1) is 13.3. The Labute approximate surface area is 162 Å². The fourth-order valence-corrected chi connectivity index (χ4v) is 3.25. The van der Waals surface area contributed by atoms with Gasteiger partial charge in [0.2, 0.25) is 0 Å². The molecule has 1 N–H and O–H groups in total. The van der Waals surface area contributed by atoms with Gasteiger partial charge in [0.15, 0.2) is 11.5 Å². The maximum atomic E-state index is 13.0. The van der Waals surface area contributed by atoms with E-state index in [0.29, 0.717) is 13.0 Å². The molecule has 1 aliphatic heterocycles. The van der Waals surface area contributed by atoms with Gasteiger partial charge in [0.25, 0.3) is 11.6 Å². The summed E-state index contributed by atoms with van der Waals surface area (Å²) >= 11 is 0. The maximum absolute atomic E-state index is 13.0. The van der Waals surface area contributed by atoms with Crippen molar-refractivity contribution in [3.63, 3.8) is 0 Å². The first-order valence-corrected chi connectivity index (χ1v) is 8.78. The van der Waals surface area contributed by atoms with Crippen LogP contribution in [0, 0.1) is 22.0 Å². The quantitative estimate of drug-likeness (QED) is 0.400. The summed E-state index contributed by atoms with van der Waals surface area (Å²) in [6.07, 6.45) is 0.455. The van der Waals surface area contributed by atoms with Gasteiger partial charge in [-0.3, -0.25) is 19.7 Å². The lowest BCUT2D eigenvalue weighted by Crippen LogP contribution is -2.45. The number of hydrogen-bond acceptors (Lipinski definition) is 7. The number of benzene rings is 1. The molecule has 1 saturated heterocycles. The van der Waals surface area contributed by atoms with E-state index in [-0.39, 0.29) is 42.7 Å². The minimum absolute atomic E-state index is 0.00403. The number of methoxy groups -OCH3 is 2. The lowest BCUT2D eigenvalue weighted by molar-refractivity contribution is -0.385. The third kappa shape index (κ3) is 4.89. The Balaban J connectivity index is 2.38. The number of carbonyl (C=O) groups is 2. The third-order valence-electron chi connectivity index (χ3n) is 4.55. The number of likely N-dealkylation sites (tertiary alicyclic amines) is 1. The van der Waals surface area contributed by atoms with E-state index in [1.165, 1.54) is 25.2 Å². The van der Waals surface area contributed by atoms with Crippen molar-refractivity contribution in [2.24, 2.45) is 11.8 Å². The topological polar surface area (TPSA) is 128 Å². The van der Waals surface area contributed by atoms with Crippen LogP contribution in [0.1, 0.15) is 23.7 Å². The van der Waals surface area contributed by atoms with Crippen LogP contribution in [-0.2, 0) is 9.53 Å². The van der Waals surface area contributed by atoms with E-state index in [4.69, 9.17) is 14.2 Å². The summed E-state index contributed by atoms with van der Waals surface area (Å²) in [5, 5.41) is 20.8. The molecule has 10 heteroatoms. The van der Waals surface area contributed by atoms with Crippen molar-refractivity contribution in [1.29, 1.82) is 0 Å². The number of nitro benzene ring substituents is 1. The maximum Gasteiger partial charge on any atom is 0.308 e. The van der Waals surface area contributed by atoms with Crippen molar-refractivity contribution in [3.05, 3.63) is 27.8 Å². The van der Waals surface area contributed by atoms with E-state index >= 15 is 0 Å². The predicted octanol–water partition coefficient (Wildman–Crippen LogP) is 1.81. The first kappa shape index (κ1) is 21.4. The molecule has 0 spiro atoms. The van der Waals surface area contributed by atoms with Crippen LogP contribution in [0.3, 0.4) is 0 Å². The molecule has 0 bridgehead atoms. The Morgan fingerprint density at radius 1 is 1.25 bits per heavy atom. The lowest BCUT2D eigenvalue weighted by atomic mass is 9.90. The van der Waals surface area contributed by atoms with Gasteiger partial charge in [0.05, 0.1) is 30.6 Å². The zero-order valence-corrected chi connectivity index (χ0v) is 16.0. The Hall–Kier alpha value is -2.88. The van der Waals surface area contributed by atoms with Gasteiger partial charge in [-0.15, -0.1) is 0 Å². The van der Waals surface area contributed by atoms with Gasteiger partial charge in [0, 0.05) is 26.3 Å². The molecule has 2 atom stereocenters. The summed E-state index contributed by atoms with van der Waals surface area (Å²) in [4.78, 5) is 36.6. The molecule has 0 aliphatic carbocycles. The van der Waals surface area contributed by atoms with Gasteiger partial charge in [-0.2, -0.15) is 0 Å². The molecule has 1 aromatic rings. The molecule has 1 amide bonds. The number of carbonyl (C=O) groups excluding carboxylic acids is 1. The van der Waals surface area contributed by atoms with Crippen LogP contribution in [0.2, 0.25) is 0 Å². The number of rotatable bonds is 8. The van der Waals surface area contributed by atoms with Crippen LogP contribution in [0.4, 0.5) is 5.69 Å². The molecule has 1 heterocycles. The van der Waals surface area contributed by atoms with E-state index in [1.54, 1.807) is 0 Å². The minimum atomic E-state index is -0.988. The second kappa shape index (κ2) is 9.36. The van der Waals surface area contributed by atoms with Gasteiger partial charge in [-0.1, -0.05) is 6.92 Å². The number of nitrogens with zero attached hydrogens (tertiary/aromatic N) is 2. The van der Waals surface area contributed by atoms with Crippen LogP contribution in [0.25, 0.3) is 0 Å². The van der Waals surface area contributed by atoms with Crippen molar-refractivity contribution in [3.8, 4) is 11.5 Å². The fraction of sp³-hybridized carbons (Fsp3) is 0.556. The Morgan fingerprint density at radius 3 is 2.54 bits per heavy atom. The van der Waals surface area contributed by atoms with Gasteiger partial charge >= 0.3 is 5.97 Å². The van der Waals surface area contributed by atoms with Crippen molar-refractivity contribution in [1.82, 2.24) is 4.90 Å². The van der Waals surface area contributed by atoms with E-state index < -0.39 is 28.4 Å². The second-order valence-electron chi connectivity index (χ2n) is 6.70. The minimum Gasteiger partial charge on any atom is -0.493 e. The number of piperidine rings is 1. The Morgan fingerprint density at radius 2 is 1.96 bits per heavy atom. The van der Waals surface area contributed by atoms with E-state index in [9.17, 15) is 24.8 Å². The van der Waals surface area contributed by atoms with Gasteiger partial charge in [-0.05, 0) is 12.3 Å². The third-order valence-corrected chi connectivity index (χ3v) is 4.55. The largest absolute Gasteiger partial charge is 0.493 e. The number of hydrogen-bond donors (Lipinski definition) is 1. The van der Waals surface area contributed by atoms with Crippen molar-refractivity contribution >= 4 is 17.6 Å². The van der Waals surface area contributed by atoms with Gasteiger partial charge < -0.3 is 24.2 Å². The lowest BCUT2D eigenvalue weighted by Gasteiger charge is -2.34. The average Bonchev–Trinajstić information content (AvgIpc) is 2.66. The van der Waals surface area contributed by atoms with Gasteiger partial charge in [-0.25, -0.2) is 0 Å². The molecule has 1 fully saturated rings. The Kier molecular flexibility index (Phi) is 7.16. The van der Waals surface area contributed by atoms with Crippen LogP contribution >= 0.6 is 0 Å². The van der Waals surface area contributed by atoms with Crippen LogP contribution in [-0.4, -0.2) is 67.3 Å². The molecule has 10 nitrogen and oxygen atoms in total. The molecular weight excluding hydrogens is 372 g/mol. The molecule has 0 saturated carbocycles. The van der Waals surface area contributed by atoms with Crippen molar-refractivity contribution in [2.45, 2.75) is 13.3 Å². The number of aliphatic carboxylic acids is 1. The second-order valence-corrected chi connectivity index (χ2v) is 6.70. The number of carboxylic acid groups (broad SMARTS) is 1. The van der Waals surface area contributed by atoms with E-state index in [1.807, 2.05) is 6.92 Å². The SMILES string of the molecule is COCCOc1cc([N+](=O)[O-])c(C(=O)N2CC(C)CC(C(=O)O)C2)cc1OC. The normalized spacial score (nSPS) is 19.2. The standard InChI is InChI=1S/C18H24N2O8/c1-11-6-12(18(22)23)10-19(9-11)17(21)13-7-15(27-3)16(28-5-4-26-2)8-14(13)20(24)25/h7-8,11-12H,4-6,9-10H2,1-3H3,(H,22,23). The zero-order chi connectivity index (χ0) is 20.8. The highest BCUT2D eigenvalue weighted by Crippen LogP contribution is 2.36. The number of ether oxygens (including phenoxy) is 3. The fourth-order valence-electron chi connectivity index (χ4n) is 3.25. The van der Waals surface area contributed by atoms with Crippen molar-refractivity contribution < 1.29 is 33.8 Å². The first-order valence-electron chi connectivity index (χ1n) is 8.78. The highest BCUT2D eigenvalue weighted by atomic mass is 16.6. The van der Waals surface area contributed by atoms with Crippen LogP contribution < -0.4 is 9.47 Å². The number of nitro groups is 1. The molecule has 0 radical (unpaired) electrons.